The molecule has 1 heterocycles. The van der Waals surface area contributed by atoms with Crippen molar-refractivity contribution in [3.63, 3.8) is 0 Å². The largest absolute Gasteiger partial charge is 0.416 e. The molecule has 1 aromatic heterocycles. The molecule has 0 atom stereocenters. The Bertz CT molecular complexity index is 1340. The summed E-state index contributed by atoms with van der Waals surface area (Å²) in [5.74, 6) is -0.0499. The molecule has 0 radical (unpaired) electrons. The third kappa shape index (κ3) is 4.47. The number of hydrogen-bond acceptors (Lipinski definition) is 5. The number of anilines is 1. The molecule has 0 amide bonds. The predicted octanol–water partition coefficient (Wildman–Crippen LogP) is 4.66. The number of aryl methyl sites for hydroxylation is 1. The SMILES string of the molecule is Cc1ccc(-c2ccc(S(=O)(=O)Nc3cc(C(F)(F)F)ccc3-c3nn[nH]n3)cc2)cc1. The number of H-pyrrole nitrogens is 1. The third-order valence-electron chi connectivity index (χ3n) is 4.73. The highest BCUT2D eigenvalue weighted by molar-refractivity contribution is 7.92. The van der Waals surface area contributed by atoms with Gasteiger partial charge in [-0.05, 0) is 53.6 Å². The predicted molar refractivity (Wildman–Crippen MR) is 112 cm³/mol. The van der Waals surface area contributed by atoms with E-state index in [2.05, 4.69) is 25.3 Å². The Balaban J connectivity index is 1.69. The van der Waals surface area contributed by atoms with Gasteiger partial charge in [-0.1, -0.05) is 42.0 Å². The molecule has 0 aliphatic carbocycles. The normalized spacial score (nSPS) is 12.0. The first kappa shape index (κ1) is 21.5. The summed E-state index contributed by atoms with van der Waals surface area (Å²) in [5, 5.41) is 13.0. The lowest BCUT2D eigenvalue weighted by atomic mass is 10.0. The Morgan fingerprint density at radius 1 is 0.906 bits per heavy atom. The topological polar surface area (TPSA) is 101 Å². The second-order valence-corrected chi connectivity index (χ2v) is 8.67. The molecule has 3 aromatic carbocycles. The zero-order chi connectivity index (χ0) is 22.9. The van der Waals surface area contributed by atoms with E-state index >= 15 is 0 Å². The average molecular weight is 459 g/mol. The zero-order valence-electron chi connectivity index (χ0n) is 16.6. The Morgan fingerprint density at radius 2 is 1.53 bits per heavy atom. The van der Waals surface area contributed by atoms with Crippen LogP contribution < -0.4 is 4.72 Å². The summed E-state index contributed by atoms with van der Waals surface area (Å²) in [6.45, 7) is 1.96. The number of halogens is 3. The summed E-state index contributed by atoms with van der Waals surface area (Å²) in [7, 11) is -4.20. The molecule has 4 rings (SSSR count). The average Bonchev–Trinajstić information content (AvgIpc) is 3.28. The second kappa shape index (κ2) is 8.08. The van der Waals surface area contributed by atoms with E-state index in [1.54, 1.807) is 12.1 Å². The summed E-state index contributed by atoms with van der Waals surface area (Å²) < 4.78 is 67.7. The molecule has 2 N–H and O–H groups in total. The molecule has 0 fully saturated rings. The van der Waals surface area contributed by atoms with Crippen LogP contribution in [0.5, 0.6) is 0 Å². The lowest BCUT2D eigenvalue weighted by Crippen LogP contribution is -2.15. The Morgan fingerprint density at radius 3 is 2.09 bits per heavy atom. The fraction of sp³-hybridized carbons (Fsp3) is 0.0952. The molecule has 0 aliphatic heterocycles. The number of benzene rings is 3. The number of alkyl halides is 3. The van der Waals surface area contributed by atoms with E-state index in [4.69, 9.17) is 0 Å². The Kier molecular flexibility index (Phi) is 5.43. The number of nitrogens with one attached hydrogen (secondary N) is 2. The number of tetrazole rings is 1. The highest BCUT2D eigenvalue weighted by atomic mass is 32.2. The first-order chi connectivity index (χ1) is 15.1. The summed E-state index contributed by atoms with van der Waals surface area (Å²) in [6, 6.07) is 16.3. The number of rotatable bonds is 5. The smallest absolute Gasteiger partial charge is 0.279 e. The minimum Gasteiger partial charge on any atom is -0.279 e. The maximum Gasteiger partial charge on any atom is 0.416 e. The molecule has 0 unspecified atom stereocenters. The molecule has 0 spiro atoms. The number of aromatic amines is 1. The lowest BCUT2D eigenvalue weighted by molar-refractivity contribution is -0.137. The van der Waals surface area contributed by atoms with Gasteiger partial charge in [0.15, 0.2) is 0 Å². The van der Waals surface area contributed by atoms with Crippen molar-refractivity contribution in [1.29, 1.82) is 0 Å². The summed E-state index contributed by atoms with van der Waals surface area (Å²) >= 11 is 0. The van der Waals surface area contributed by atoms with Crippen LogP contribution in [0, 0.1) is 6.92 Å². The van der Waals surface area contributed by atoms with Crippen LogP contribution in [0.1, 0.15) is 11.1 Å². The summed E-state index contributed by atoms with van der Waals surface area (Å²) in [4.78, 5) is -0.107. The second-order valence-electron chi connectivity index (χ2n) is 6.99. The van der Waals surface area contributed by atoms with Crippen molar-refractivity contribution in [2.45, 2.75) is 18.0 Å². The molecule has 32 heavy (non-hydrogen) atoms. The van der Waals surface area contributed by atoms with Crippen LogP contribution in [0.4, 0.5) is 18.9 Å². The van der Waals surface area contributed by atoms with E-state index in [0.717, 1.165) is 28.8 Å². The first-order valence-corrected chi connectivity index (χ1v) is 10.8. The van der Waals surface area contributed by atoms with Crippen LogP contribution in [0.15, 0.2) is 71.6 Å². The standard InChI is InChI=1S/C21H16F3N5O2S/c1-13-2-4-14(5-3-13)15-6-9-17(10-7-15)32(30,31)27-19-12-16(21(22,23)24)8-11-18(19)20-25-28-29-26-20/h2-12,27H,1H3,(H,25,26,28,29). The number of aromatic nitrogens is 4. The molecular formula is C21H16F3N5O2S. The summed E-state index contributed by atoms with van der Waals surface area (Å²) in [5.41, 5.74) is 1.52. The van der Waals surface area contributed by atoms with Gasteiger partial charge in [-0.2, -0.15) is 18.4 Å². The van der Waals surface area contributed by atoms with Crippen LogP contribution in [0.2, 0.25) is 0 Å². The zero-order valence-corrected chi connectivity index (χ0v) is 17.4. The molecule has 0 saturated carbocycles. The fourth-order valence-electron chi connectivity index (χ4n) is 3.05. The molecule has 0 aliphatic rings. The molecular weight excluding hydrogens is 443 g/mol. The third-order valence-corrected chi connectivity index (χ3v) is 6.11. The van der Waals surface area contributed by atoms with E-state index in [1.165, 1.54) is 12.1 Å². The van der Waals surface area contributed by atoms with Gasteiger partial charge >= 0.3 is 6.18 Å². The van der Waals surface area contributed by atoms with Gasteiger partial charge in [0.2, 0.25) is 5.82 Å². The van der Waals surface area contributed by atoms with Gasteiger partial charge in [-0.3, -0.25) is 4.72 Å². The van der Waals surface area contributed by atoms with Crippen LogP contribution >= 0.6 is 0 Å². The molecule has 11 heteroatoms. The maximum absolute atomic E-state index is 13.2. The first-order valence-electron chi connectivity index (χ1n) is 9.28. The number of nitrogens with zero attached hydrogens (tertiary/aromatic N) is 3. The molecule has 0 saturated heterocycles. The molecule has 0 bridgehead atoms. The number of sulfonamides is 1. The van der Waals surface area contributed by atoms with Gasteiger partial charge < -0.3 is 0 Å². The minimum atomic E-state index is -4.66. The van der Waals surface area contributed by atoms with Crippen molar-refractivity contribution in [3.8, 4) is 22.5 Å². The highest BCUT2D eigenvalue weighted by Crippen LogP contribution is 2.35. The maximum atomic E-state index is 13.2. The van der Waals surface area contributed by atoms with Crippen molar-refractivity contribution < 1.29 is 21.6 Å². The lowest BCUT2D eigenvalue weighted by Gasteiger charge is -2.14. The minimum absolute atomic E-state index is 0.0478. The van der Waals surface area contributed by atoms with Crippen molar-refractivity contribution in [2.24, 2.45) is 0 Å². The van der Waals surface area contributed by atoms with Crippen molar-refractivity contribution >= 4 is 15.7 Å². The van der Waals surface area contributed by atoms with E-state index in [9.17, 15) is 21.6 Å². The number of hydrogen-bond donors (Lipinski definition) is 2. The van der Waals surface area contributed by atoms with Crippen molar-refractivity contribution in [2.75, 3.05) is 4.72 Å². The fourth-order valence-corrected chi connectivity index (χ4v) is 4.12. The van der Waals surface area contributed by atoms with Crippen molar-refractivity contribution in [3.05, 3.63) is 77.9 Å². The van der Waals surface area contributed by atoms with Crippen LogP contribution in [-0.4, -0.2) is 29.0 Å². The van der Waals surface area contributed by atoms with Crippen molar-refractivity contribution in [1.82, 2.24) is 20.6 Å². The Hall–Kier alpha value is -3.73. The highest BCUT2D eigenvalue weighted by Gasteiger charge is 2.32. The Labute approximate surface area is 181 Å². The van der Waals surface area contributed by atoms with E-state index in [-0.39, 0.29) is 22.0 Å². The van der Waals surface area contributed by atoms with Gasteiger partial charge in [0.1, 0.15) is 0 Å². The van der Waals surface area contributed by atoms with E-state index in [1.807, 2.05) is 31.2 Å². The molecule has 164 valence electrons. The molecule has 7 nitrogen and oxygen atoms in total. The summed E-state index contributed by atoms with van der Waals surface area (Å²) in [6.07, 6.45) is -4.66. The van der Waals surface area contributed by atoms with Crippen LogP contribution in [-0.2, 0) is 16.2 Å². The van der Waals surface area contributed by atoms with Gasteiger partial charge in [0.05, 0.1) is 16.1 Å². The van der Waals surface area contributed by atoms with Gasteiger partial charge in [0.25, 0.3) is 10.0 Å². The molecule has 4 aromatic rings. The van der Waals surface area contributed by atoms with E-state index < -0.39 is 21.8 Å². The van der Waals surface area contributed by atoms with E-state index in [0.29, 0.717) is 6.07 Å². The quantitative estimate of drug-likeness (QED) is 0.452. The van der Waals surface area contributed by atoms with Gasteiger partial charge in [0, 0.05) is 5.56 Å². The van der Waals surface area contributed by atoms with Crippen LogP contribution in [0.3, 0.4) is 0 Å². The van der Waals surface area contributed by atoms with Crippen LogP contribution in [0.25, 0.3) is 22.5 Å². The monoisotopic (exact) mass is 459 g/mol. The van der Waals surface area contributed by atoms with Gasteiger partial charge in [-0.15, -0.1) is 10.2 Å². The van der Waals surface area contributed by atoms with Gasteiger partial charge in [-0.25, -0.2) is 8.42 Å².